The number of nitrogens with zero attached hydrogens (tertiary/aromatic N) is 5. The van der Waals surface area contributed by atoms with E-state index >= 15 is 0 Å². The van der Waals surface area contributed by atoms with Crippen LogP contribution in [-0.2, 0) is 6.54 Å². The van der Waals surface area contributed by atoms with E-state index in [1.165, 1.54) is 25.9 Å². The molecule has 6 heteroatoms. The van der Waals surface area contributed by atoms with E-state index in [0.717, 1.165) is 24.0 Å². The lowest BCUT2D eigenvalue weighted by atomic mass is 9.98. The first kappa shape index (κ1) is 14.2. The Labute approximate surface area is 125 Å². The summed E-state index contributed by atoms with van der Waals surface area (Å²) in [7, 11) is 2.20. The maximum absolute atomic E-state index is 4.12. The molecule has 1 saturated heterocycles. The van der Waals surface area contributed by atoms with Crippen molar-refractivity contribution in [1.82, 2.24) is 30.4 Å². The van der Waals surface area contributed by atoms with Gasteiger partial charge < -0.3 is 10.2 Å². The Morgan fingerprint density at radius 1 is 1.29 bits per heavy atom. The number of likely N-dealkylation sites (tertiary alicyclic amines) is 1. The van der Waals surface area contributed by atoms with Crippen molar-refractivity contribution >= 4 is 0 Å². The third kappa shape index (κ3) is 3.65. The summed E-state index contributed by atoms with van der Waals surface area (Å²) < 4.78 is 1.79. The molecule has 0 saturated carbocycles. The average molecular weight is 286 g/mol. The van der Waals surface area contributed by atoms with Gasteiger partial charge in [-0.1, -0.05) is 18.2 Å². The number of para-hydroxylation sites is 1. The molecule has 0 bridgehead atoms. The molecule has 0 spiro atoms. The highest BCUT2D eigenvalue weighted by Crippen LogP contribution is 2.14. The lowest BCUT2D eigenvalue weighted by molar-refractivity contribution is 0.206. The van der Waals surface area contributed by atoms with Crippen LogP contribution >= 0.6 is 0 Å². The molecule has 6 nitrogen and oxygen atoms in total. The van der Waals surface area contributed by atoms with Crippen LogP contribution in [0, 0.1) is 5.92 Å². The molecule has 1 aliphatic rings. The Bertz CT molecular complexity index is 552. The number of hydrogen-bond donors (Lipinski definition) is 1. The molecule has 1 fully saturated rings. The van der Waals surface area contributed by atoms with Crippen molar-refractivity contribution in [2.75, 3.05) is 26.7 Å². The number of nitrogens with one attached hydrogen (secondary N) is 1. The van der Waals surface area contributed by atoms with Gasteiger partial charge in [-0.3, -0.25) is 0 Å². The van der Waals surface area contributed by atoms with Crippen molar-refractivity contribution in [2.45, 2.75) is 19.4 Å². The zero-order valence-corrected chi connectivity index (χ0v) is 12.4. The smallest absolute Gasteiger partial charge is 0.170 e. The Kier molecular flexibility index (Phi) is 4.57. The molecule has 0 amide bonds. The summed E-state index contributed by atoms with van der Waals surface area (Å²) in [5, 5.41) is 15.5. The minimum Gasteiger partial charge on any atom is -0.309 e. The largest absolute Gasteiger partial charge is 0.309 e. The Hall–Kier alpha value is -1.79. The summed E-state index contributed by atoms with van der Waals surface area (Å²) >= 11 is 0. The molecule has 0 aliphatic carbocycles. The van der Waals surface area contributed by atoms with E-state index in [-0.39, 0.29) is 0 Å². The maximum atomic E-state index is 4.12. The lowest BCUT2D eigenvalue weighted by Crippen LogP contribution is -2.37. The van der Waals surface area contributed by atoms with Crippen LogP contribution in [0.2, 0.25) is 0 Å². The van der Waals surface area contributed by atoms with Crippen molar-refractivity contribution in [3.63, 3.8) is 0 Å². The summed E-state index contributed by atoms with van der Waals surface area (Å²) in [5.74, 6) is 1.58. The Balaban J connectivity index is 1.55. The average Bonchev–Trinajstić information content (AvgIpc) is 2.97. The molecular formula is C15H22N6. The predicted octanol–water partition coefficient (Wildman–Crippen LogP) is 1.09. The van der Waals surface area contributed by atoms with Crippen molar-refractivity contribution in [2.24, 2.45) is 5.92 Å². The molecule has 1 unspecified atom stereocenters. The second kappa shape index (κ2) is 6.78. The second-order valence-corrected chi connectivity index (χ2v) is 5.74. The second-order valence-electron chi connectivity index (χ2n) is 5.74. The SMILES string of the molecule is CN1CCCC(CNCc2nnnn2-c2ccccc2)C1. The lowest BCUT2D eigenvalue weighted by Gasteiger charge is -2.29. The number of tetrazole rings is 1. The monoisotopic (exact) mass is 286 g/mol. The van der Waals surface area contributed by atoms with E-state index < -0.39 is 0 Å². The topological polar surface area (TPSA) is 58.9 Å². The van der Waals surface area contributed by atoms with Crippen molar-refractivity contribution in [1.29, 1.82) is 0 Å². The molecule has 2 aromatic rings. The maximum Gasteiger partial charge on any atom is 0.170 e. The molecule has 1 N–H and O–H groups in total. The standard InChI is InChI=1S/C15H22N6/c1-20-9-5-6-13(12-20)10-16-11-15-17-18-19-21(15)14-7-3-2-4-8-14/h2-4,7-8,13,16H,5-6,9-12H2,1H3. The highest BCUT2D eigenvalue weighted by molar-refractivity contribution is 5.30. The van der Waals surface area contributed by atoms with Crippen molar-refractivity contribution in [3.05, 3.63) is 36.2 Å². The fourth-order valence-corrected chi connectivity index (χ4v) is 2.91. The summed E-state index contributed by atoms with van der Waals surface area (Å²) in [4.78, 5) is 2.41. The van der Waals surface area contributed by atoms with E-state index in [1.807, 2.05) is 30.3 Å². The molecule has 1 aromatic carbocycles. The first-order chi connectivity index (χ1) is 10.3. The van der Waals surface area contributed by atoms with Crippen LogP contribution in [0.4, 0.5) is 0 Å². The minimum atomic E-state index is 0.697. The van der Waals surface area contributed by atoms with Gasteiger partial charge in [0.1, 0.15) is 0 Å². The van der Waals surface area contributed by atoms with Crippen LogP contribution in [0.25, 0.3) is 5.69 Å². The third-order valence-electron chi connectivity index (χ3n) is 3.97. The first-order valence-corrected chi connectivity index (χ1v) is 7.55. The molecule has 0 radical (unpaired) electrons. The van der Waals surface area contributed by atoms with Gasteiger partial charge in [0, 0.05) is 6.54 Å². The quantitative estimate of drug-likeness (QED) is 0.892. The number of piperidine rings is 1. The van der Waals surface area contributed by atoms with Gasteiger partial charge in [0.05, 0.1) is 12.2 Å². The van der Waals surface area contributed by atoms with Gasteiger partial charge in [0.2, 0.25) is 0 Å². The van der Waals surface area contributed by atoms with Crippen LogP contribution in [0.5, 0.6) is 0 Å². The molecule has 1 atom stereocenters. The van der Waals surface area contributed by atoms with Crippen LogP contribution in [-0.4, -0.2) is 51.8 Å². The van der Waals surface area contributed by atoms with Crippen molar-refractivity contribution in [3.8, 4) is 5.69 Å². The zero-order chi connectivity index (χ0) is 14.5. The van der Waals surface area contributed by atoms with Crippen LogP contribution in [0.3, 0.4) is 0 Å². The van der Waals surface area contributed by atoms with E-state index in [2.05, 4.69) is 32.8 Å². The number of hydrogen-bond acceptors (Lipinski definition) is 5. The first-order valence-electron chi connectivity index (χ1n) is 7.55. The van der Waals surface area contributed by atoms with Crippen LogP contribution in [0.1, 0.15) is 18.7 Å². The van der Waals surface area contributed by atoms with E-state index in [9.17, 15) is 0 Å². The number of rotatable bonds is 5. The van der Waals surface area contributed by atoms with Gasteiger partial charge in [0.15, 0.2) is 5.82 Å². The fraction of sp³-hybridized carbons (Fsp3) is 0.533. The fourth-order valence-electron chi connectivity index (χ4n) is 2.91. The van der Waals surface area contributed by atoms with Gasteiger partial charge >= 0.3 is 0 Å². The molecule has 112 valence electrons. The summed E-state index contributed by atoms with van der Waals surface area (Å²) in [5.41, 5.74) is 0.997. The highest BCUT2D eigenvalue weighted by atomic mass is 15.5. The Morgan fingerprint density at radius 3 is 2.95 bits per heavy atom. The molecule has 1 aromatic heterocycles. The third-order valence-corrected chi connectivity index (χ3v) is 3.97. The molecule has 2 heterocycles. The number of benzene rings is 1. The number of aromatic nitrogens is 4. The van der Waals surface area contributed by atoms with E-state index in [1.54, 1.807) is 4.68 Å². The molecular weight excluding hydrogens is 264 g/mol. The summed E-state index contributed by atoms with van der Waals surface area (Å²) in [6.07, 6.45) is 2.60. The summed E-state index contributed by atoms with van der Waals surface area (Å²) in [6.45, 7) is 4.12. The Morgan fingerprint density at radius 2 is 2.14 bits per heavy atom. The van der Waals surface area contributed by atoms with Crippen molar-refractivity contribution < 1.29 is 0 Å². The van der Waals surface area contributed by atoms with Gasteiger partial charge in [-0.15, -0.1) is 5.10 Å². The highest BCUT2D eigenvalue weighted by Gasteiger charge is 2.17. The van der Waals surface area contributed by atoms with Gasteiger partial charge in [-0.2, -0.15) is 4.68 Å². The van der Waals surface area contributed by atoms with E-state index in [4.69, 9.17) is 0 Å². The van der Waals surface area contributed by atoms with Crippen LogP contribution < -0.4 is 5.32 Å². The summed E-state index contributed by atoms with van der Waals surface area (Å²) in [6, 6.07) is 10.00. The predicted molar refractivity (Wildman–Crippen MR) is 81.1 cm³/mol. The van der Waals surface area contributed by atoms with E-state index in [0.29, 0.717) is 6.54 Å². The van der Waals surface area contributed by atoms with Gasteiger partial charge in [-0.05, 0) is 61.5 Å². The van der Waals surface area contributed by atoms with Gasteiger partial charge in [0.25, 0.3) is 0 Å². The normalized spacial score (nSPS) is 19.8. The molecule has 1 aliphatic heterocycles. The minimum absolute atomic E-state index is 0.697. The molecule has 21 heavy (non-hydrogen) atoms. The van der Waals surface area contributed by atoms with Gasteiger partial charge in [-0.25, -0.2) is 0 Å². The zero-order valence-electron chi connectivity index (χ0n) is 12.4. The van der Waals surface area contributed by atoms with Crippen LogP contribution in [0.15, 0.2) is 30.3 Å². The molecule has 3 rings (SSSR count).